The zero-order valence-electron chi connectivity index (χ0n) is 11.0. The molecule has 16 heavy (non-hydrogen) atoms. The number of rotatable bonds is 10. The van der Waals surface area contributed by atoms with Crippen LogP contribution in [-0.4, -0.2) is 23.4 Å². The second-order valence-corrected chi connectivity index (χ2v) is 5.21. The van der Waals surface area contributed by atoms with Gasteiger partial charge in [-0.05, 0) is 13.3 Å². The molecular formula is C14H28O2. The molecule has 1 N–H and O–H groups in total. The van der Waals surface area contributed by atoms with Gasteiger partial charge in [-0.2, -0.15) is 0 Å². The van der Waals surface area contributed by atoms with Crippen LogP contribution in [0.5, 0.6) is 0 Å². The highest BCUT2D eigenvalue weighted by Crippen LogP contribution is 2.31. The Morgan fingerprint density at radius 2 is 1.62 bits per heavy atom. The smallest absolute Gasteiger partial charge is 0.0866 e. The number of hydrogen-bond acceptors (Lipinski definition) is 2. The van der Waals surface area contributed by atoms with Crippen molar-refractivity contribution in [3.63, 3.8) is 0 Å². The summed E-state index contributed by atoms with van der Waals surface area (Å²) in [6.45, 7) is 4.10. The third kappa shape index (κ3) is 6.49. The Morgan fingerprint density at radius 3 is 2.25 bits per heavy atom. The van der Waals surface area contributed by atoms with Crippen LogP contribution in [-0.2, 0) is 4.74 Å². The lowest BCUT2D eigenvalue weighted by Crippen LogP contribution is -2.06. The maximum Gasteiger partial charge on any atom is 0.0866 e. The molecule has 1 saturated heterocycles. The van der Waals surface area contributed by atoms with Crippen LogP contribution in [0.25, 0.3) is 0 Å². The van der Waals surface area contributed by atoms with Gasteiger partial charge < -0.3 is 9.84 Å². The molecule has 0 spiro atoms. The van der Waals surface area contributed by atoms with E-state index >= 15 is 0 Å². The van der Waals surface area contributed by atoms with Crippen LogP contribution in [0.4, 0.5) is 0 Å². The Kier molecular flexibility index (Phi) is 7.06. The number of aliphatic hydroxyl groups is 1. The molecule has 1 rings (SSSR count). The van der Waals surface area contributed by atoms with E-state index in [-0.39, 0.29) is 6.10 Å². The minimum atomic E-state index is -0.205. The highest BCUT2D eigenvalue weighted by atomic mass is 16.6. The van der Waals surface area contributed by atoms with E-state index in [1.165, 1.54) is 51.4 Å². The van der Waals surface area contributed by atoms with Crippen LogP contribution in [0, 0.1) is 0 Å². The normalized spacial score (nSPS) is 25.7. The van der Waals surface area contributed by atoms with Crippen LogP contribution < -0.4 is 0 Å². The SMILES string of the molecule is CCCCCCCCC[C@H]1O[C@H]1C[C@H](C)O. The molecule has 2 nitrogen and oxygen atoms in total. The Balaban J connectivity index is 1.79. The Bertz CT molecular complexity index is 168. The summed E-state index contributed by atoms with van der Waals surface area (Å²) < 4.78 is 5.51. The van der Waals surface area contributed by atoms with Crippen molar-refractivity contribution in [2.75, 3.05) is 0 Å². The predicted octanol–water partition coefficient (Wildman–Crippen LogP) is 3.67. The van der Waals surface area contributed by atoms with Crippen molar-refractivity contribution in [1.82, 2.24) is 0 Å². The zero-order chi connectivity index (χ0) is 11.8. The molecule has 0 bridgehead atoms. The second-order valence-electron chi connectivity index (χ2n) is 5.21. The summed E-state index contributed by atoms with van der Waals surface area (Å²) in [7, 11) is 0. The molecule has 0 amide bonds. The number of ether oxygens (including phenoxy) is 1. The number of aliphatic hydroxyl groups excluding tert-OH is 1. The first-order valence-electron chi connectivity index (χ1n) is 7.07. The van der Waals surface area contributed by atoms with Gasteiger partial charge in [0.15, 0.2) is 0 Å². The molecule has 0 aromatic carbocycles. The fraction of sp³-hybridized carbons (Fsp3) is 1.00. The average Bonchev–Trinajstić information content (AvgIpc) is 2.94. The highest BCUT2D eigenvalue weighted by molar-refractivity contribution is 4.85. The molecule has 3 atom stereocenters. The van der Waals surface area contributed by atoms with Gasteiger partial charge in [-0.3, -0.25) is 0 Å². The topological polar surface area (TPSA) is 32.8 Å². The fourth-order valence-corrected chi connectivity index (χ4v) is 2.28. The number of epoxide rings is 1. The Morgan fingerprint density at radius 1 is 1.00 bits per heavy atom. The largest absolute Gasteiger partial charge is 0.393 e. The zero-order valence-corrected chi connectivity index (χ0v) is 11.0. The first kappa shape index (κ1) is 14.0. The summed E-state index contributed by atoms with van der Waals surface area (Å²) in [4.78, 5) is 0. The van der Waals surface area contributed by atoms with Gasteiger partial charge in [-0.1, -0.05) is 51.9 Å². The van der Waals surface area contributed by atoms with Crippen LogP contribution in [0.2, 0.25) is 0 Å². The van der Waals surface area contributed by atoms with Crippen molar-refractivity contribution in [2.24, 2.45) is 0 Å². The highest BCUT2D eigenvalue weighted by Gasteiger charge is 2.38. The summed E-state index contributed by atoms with van der Waals surface area (Å²) in [5.41, 5.74) is 0. The maximum absolute atomic E-state index is 9.19. The van der Waals surface area contributed by atoms with Gasteiger partial charge in [0.2, 0.25) is 0 Å². The molecule has 96 valence electrons. The van der Waals surface area contributed by atoms with E-state index in [0.29, 0.717) is 12.2 Å². The molecule has 0 aliphatic carbocycles. The lowest BCUT2D eigenvalue weighted by molar-refractivity contribution is 0.170. The maximum atomic E-state index is 9.19. The molecule has 0 aromatic heterocycles. The summed E-state index contributed by atoms with van der Waals surface area (Å²) >= 11 is 0. The van der Waals surface area contributed by atoms with E-state index in [1.807, 2.05) is 6.92 Å². The van der Waals surface area contributed by atoms with Crippen molar-refractivity contribution in [1.29, 1.82) is 0 Å². The van der Waals surface area contributed by atoms with Gasteiger partial charge in [-0.15, -0.1) is 0 Å². The van der Waals surface area contributed by atoms with Crippen LogP contribution in [0.15, 0.2) is 0 Å². The van der Waals surface area contributed by atoms with Gasteiger partial charge in [-0.25, -0.2) is 0 Å². The number of hydrogen-bond donors (Lipinski definition) is 1. The van der Waals surface area contributed by atoms with Crippen LogP contribution in [0.3, 0.4) is 0 Å². The molecule has 0 aromatic rings. The third-order valence-corrected chi connectivity index (χ3v) is 3.35. The predicted molar refractivity (Wildman–Crippen MR) is 67.6 cm³/mol. The first-order valence-corrected chi connectivity index (χ1v) is 7.07. The number of unbranched alkanes of at least 4 members (excludes halogenated alkanes) is 6. The average molecular weight is 228 g/mol. The van der Waals surface area contributed by atoms with Crippen LogP contribution >= 0.6 is 0 Å². The van der Waals surface area contributed by atoms with Crippen LogP contribution in [0.1, 0.15) is 71.6 Å². The lowest BCUT2D eigenvalue weighted by atomic mass is 10.1. The van der Waals surface area contributed by atoms with Crippen molar-refractivity contribution >= 4 is 0 Å². The minimum Gasteiger partial charge on any atom is -0.393 e. The molecular weight excluding hydrogens is 200 g/mol. The molecule has 0 radical (unpaired) electrons. The van der Waals surface area contributed by atoms with Crippen molar-refractivity contribution in [3.8, 4) is 0 Å². The van der Waals surface area contributed by atoms with E-state index in [0.717, 1.165) is 6.42 Å². The van der Waals surface area contributed by atoms with Gasteiger partial charge in [0, 0.05) is 6.42 Å². The molecule has 0 saturated carbocycles. The van der Waals surface area contributed by atoms with E-state index in [9.17, 15) is 5.11 Å². The van der Waals surface area contributed by atoms with E-state index in [4.69, 9.17) is 4.74 Å². The monoisotopic (exact) mass is 228 g/mol. The molecule has 0 unspecified atom stereocenters. The van der Waals surface area contributed by atoms with E-state index < -0.39 is 0 Å². The summed E-state index contributed by atoms with van der Waals surface area (Å²) in [5.74, 6) is 0. The third-order valence-electron chi connectivity index (χ3n) is 3.35. The molecule has 1 heterocycles. The standard InChI is InChI=1S/C14H28O2/c1-3-4-5-6-7-8-9-10-13-14(16-13)11-12(2)15/h12-15H,3-11H2,1-2H3/t12-,13+,14-/m0/s1. The van der Waals surface area contributed by atoms with E-state index in [2.05, 4.69) is 6.92 Å². The summed E-state index contributed by atoms with van der Waals surface area (Å²) in [5, 5.41) is 9.19. The minimum absolute atomic E-state index is 0.205. The van der Waals surface area contributed by atoms with Crippen molar-refractivity contribution in [3.05, 3.63) is 0 Å². The van der Waals surface area contributed by atoms with Gasteiger partial charge in [0.1, 0.15) is 0 Å². The molecule has 2 heteroatoms. The second kappa shape index (κ2) is 8.08. The Labute approximate surface area is 100 Å². The van der Waals surface area contributed by atoms with Crippen molar-refractivity contribution < 1.29 is 9.84 Å². The Hall–Kier alpha value is -0.0800. The lowest BCUT2D eigenvalue weighted by Gasteiger charge is -2.00. The fourth-order valence-electron chi connectivity index (χ4n) is 2.28. The summed E-state index contributed by atoms with van der Waals surface area (Å²) in [6.07, 6.45) is 12.2. The van der Waals surface area contributed by atoms with E-state index in [1.54, 1.807) is 0 Å². The van der Waals surface area contributed by atoms with Gasteiger partial charge in [0.25, 0.3) is 0 Å². The van der Waals surface area contributed by atoms with Crippen molar-refractivity contribution in [2.45, 2.75) is 89.9 Å². The quantitative estimate of drug-likeness (QED) is 0.457. The molecule has 1 aliphatic rings. The molecule has 1 fully saturated rings. The van der Waals surface area contributed by atoms with Gasteiger partial charge >= 0.3 is 0 Å². The first-order chi connectivity index (χ1) is 7.74. The summed E-state index contributed by atoms with van der Waals surface area (Å²) in [6, 6.07) is 0. The van der Waals surface area contributed by atoms with Gasteiger partial charge in [0.05, 0.1) is 18.3 Å². The molecule has 1 aliphatic heterocycles.